The SMILES string of the molecule is CCCCCN(C)S(=O)(=O)c1cc(CNC)cc(C)c1C. The number of rotatable bonds is 8. The first-order chi connectivity index (χ1) is 9.84. The van der Waals surface area contributed by atoms with Crippen LogP contribution in [0.1, 0.15) is 42.9 Å². The van der Waals surface area contributed by atoms with E-state index in [0.717, 1.165) is 36.0 Å². The van der Waals surface area contributed by atoms with Crippen molar-refractivity contribution in [3.8, 4) is 0 Å². The normalized spacial score (nSPS) is 12.1. The van der Waals surface area contributed by atoms with Crippen molar-refractivity contribution in [3.05, 3.63) is 28.8 Å². The van der Waals surface area contributed by atoms with Gasteiger partial charge in [0.05, 0.1) is 4.90 Å². The fraction of sp³-hybridized carbons (Fsp3) is 0.625. The first-order valence-corrected chi connectivity index (χ1v) is 8.99. The zero-order valence-corrected chi connectivity index (χ0v) is 14.7. The van der Waals surface area contributed by atoms with E-state index < -0.39 is 10.0 Å². The molecule has 5 heteroatoms. The fourth-order valence-electron chi connectivity index (χ4n) is 2.35. The molecular formula is C16H28N2O2S. The van der Waals surface area contributed by atoms with Crippen molar-refractivity contribution in [2.45, 2.75) is 51.5 Å². The summed E-state index contributed by atoms with van der Waals surface area (Å²) in [5.41, 5.74) is 2.86. The Balaban J connectivity index is 3.11. The van der Waals surface area contributed by atoms with E-state index in [1.807, 2.05) is 27.0 Å². The Bertz CT molecular complexity index is 568. The van der Waals surface area contributed by atoms with Crippen LogP contribution < -0.4 is 5.32 Å². The number of hydrogen-bond donors (Lipinski definition) is 1. The second-order valence-electron chi connectivity index (χ2n) is 5.60. The quantitative estimate of drug-likeness (QED) is 0.751. The van der Waals surface area contributed by atoms with Gasteiger partial charge in [-0.1, -0.05) is 25.8 Å². The smallest absolute Gasteiger partial charge is 0.243 e. The van der Waals surface area contributed by atoms with Gasteiger partial charge in [0.25, 0.3) is 0 Å². The maximum atomic E-state index is 12.8. The average Bonchev–Trinajstić information content (AvgIpc) is 2.42. The van der Waals surface area contributed by atoms with E-state index in [1.54, 1.807) is 13.1 Å². The Kier molecular flexibility index (Phi) is 6.84. The maximum absolute atomic E-state index is 12.8. The van der Waals surface area contributed by atoms with E-state index in [0.29, 0.717) is 18.0 Å². The summed E-state index contributed by atoms with van der Waals surface area (Å²) in [6, 6.07) is 3.84. The fourth-order valence-corrected chi connectivity index (χ4v) is 3.90. The highest BCUT2D eigenvalue weighted by molar-refractivity contribution is 7.89. The van der Waals surface area contributed by atoms with E-state index >= 15 is 0 Å². The zero-order valence-electron chi connectivity index (χ0n) is 13.9. The van der Waals surface area contributed by atoms with Crippen LogP contribution >= 0.6 is 0 Å². The minimum Gasteiger partial charge on any atom is -0.316 e. The minimum absolute atomic E-state index is 0.437. The molecule has 0 radical (unpaired) electrons. The maximum Gasteiger partial charge on any atom is 0.243 e. The van der Waals surface area contributed by atoms with E-state index in [1.165, 1.54) is 4.31 Å². The van der Waals surface area contributed by atoms with Gasteiger partial charge >= 0.3 is 0 Å². The molecule has 0 atom stereocenters. The van der Waals surface area contributed by atoms with Gasteiger partial charge in [-0.05, 0) is 50.1 Å². The summed E-state index contributed by atoms with van der Waals surface area (Å²) in [5, 5.41) is 3.07. The molecule has 120 valence electrons. The molecule has 0 aliphatic carbocycles. The number of unbranched alkanes of at least 4 members (excludes halogenated alkanes) is 2. The zero-order chi connectivity index (χ0) is 16.0. The molecule has 1 rings (SSSR count). The van der Waals surface area contributed by atoms with Gasteiger partial charge in [0.15, 0.2) is 0 Å². The number of nitrogens with one attached hydrogen (secondary N) is 1. The Morgan fingerprint density at radius 3 is 2.43 bits per heavy atom. The molecule has 1 aromatic rings. The number of aryl methyl sites for hydroxylation is 1. The molecule has 1 N–H and O–H groups in total. The Hall–Kier alpha value is -0.910. The van der Waals surface area contributed by atoms with Crippen LogP contribution in [0.25, 0.3) is 0 Å². The van der Waals surface area contributed by atoms with Crippen molar-refractivity contribution >= 4 is 10.0 Å². The van der Waals surface area contributed by atoms with Crippen molar-refractivity contribution in [1.82, 2.24) is 9.62 Å². The van der Waals surface area contributed by atoms with Crippen LogP contribution in [0.15, 0.2) is 17.0 Å². The molecule has 0 fully saturated rings. The van der Waals surface area contributed by atoms with Crippen LogP contribution in [0.4, 0.5) is 0 Å². The third-order valence-corrected chi connectivity index (χ3v) is 5.81. The van der Waals surface area contributed by atoms with Gasteiger partial charge in [0, 0.05) is 20.1 Å². The van der Waals surface area contributed by atoms with Gasteiger partial charge < -0.3 is 5.32 Å². The average molecular weight is 312 g/mol. The van der Waals surface area contributed by atoms with Gasteiger partial charge in [-0.15, -0.1) is 0 Å². The highest BCUT2D eigenvalue weighted by atomic mass is 32.2. The van der Waals surface area contributed by atoms with Crippen LogP contribution in [0.2, 0.25) is 0 Å². The predicted octanol–water partition coefficient (Wildman–Crippen LogP) is 2.83. The van der Waals surface area contributed by atoms with Crippen LogP contribution in [0, 0.1) is 13.8 Å². The monoisotopic (exact) mass is 312 g/mol. The van der Waals surface area contributed by atoms with Crippen molar-refractivity contribution < 1.29 is 8.42 Å². The van der Waals surface area contributed by atoms with Gasteiger partial charge in [-0.25, -0.2) is 12.7 Å². The number of hydrogen-bond acceptors (Lipinski definition) is 3. The molecular weight excluding hydrogens is 284 g/mol. The summed E-state index contributed by atoms with van der Waals surface area (Å²) in [6.07, 6.45) is 3.04. The largest absolute Gasteiger partial charge is 0.316 e. The Morgan fingerprint density at radius 1 is 1.19 bits per heavy atom. The molecule has 0 unspecified atom stereocenters. The molecule has 0 aliphatic rings. The lowest BCUT2D eigenvalue weighted by Gasteiger charge is -2.20. The van der Waals surface area contributed by atoms with Crippen LogP contribution in [-0.4, -0.2) is 33.4 Å². The molecule has 0 bridgehead atoms. The molecule has 0 aromatic heterocycles. The number of sulfonamides is 1. The summed E-state index contributed by atoms with van der Waals surface area (Å²) in [7, 11) is 0.125. The molecule has 21 heavy (non-hydrogen) atoms. The third kappa shape index (κ3) is 4.53. The Labute approximate surface area is 129 Å². The van der Waals surface area contributed by atoms with Gasteiger partial charge in [0.2, 0.25) is 10.0 Å². The molecule has 0 saturated heterocycles. The molecule has 0 amide bonds. The molecule has 0 saturated carbocycles. The van der Waals surface area contributed by atoms with Gasteiger partial charge in [-0.3, -0.25) is 0 Å². The summed E-state index contributed by atoms with van der Waals surface area (Å²) < 4.78 is 27.0. The summed E-state index contributed by atoms with van der Waals surface area (Å²) >= 11 is 0. The highest BCUT2D eigenvalue weighted by Crippen LogP contribution is 2.24. The first-order valence-electron chi connectivity index (χ1n) is 7.55. The van der Waals surface area contributed by atoms with Crippen LogP contribution in [-0.2, 0) is 16.6 Å². The lowest BCUT2D eigenvalue weighted by Crippen LogP contribution is -2.29. The summed E-state index contributed by atoms with van der Waals surface area (Å²) in [6.45, 7) is 7.20. The molecule has 0 heterocycles. The van der Waals surface area contributed by atoms with E-state index in [2.05, 4.69) is 12.2 Å². The van der Waals surface area contributed by atoms with Gasteiger partial charge in [-0.2, -0.15) is 0 Å². The van der Waals surface area contributed by atoms with E-state index in [-0.39, 0.29) is 0 Å². The molecule has 4 nitrogen and oxygen atoms in total. The molecule has 0 spiro atoms. The van der Waals surface area contributed by atoms with Gasteiger partial charge in [0.1, 0.15) is 0 Å². The summed E-state index contributed by atoms with van der Waals surface area (Å²) in [5.74, 6) is 0. The van der Waals surface area contributed by atoms with Crippen LogP contribution in [0.5, 0.6) is 0 Å². The predicted molar refractivity (Wildman–Crippen MR) is 88.0 cm³/mol. The van der Waals surface area contributed by atoms with E-state index in [4.69, 9.17) is 0 Å². The standard InChI is InChI=1S/C16H28N2O2S/c1-6-7-8-9-18(5)21(19,20)16-11-15(12-17-4)10-13(2)14(16)3/h10-11,17H,6-9,12H2,1-5H3. The van der Waals surface area contributed by atoms with Crippen molar-refractivity contribution in [2.75, 3.05) is 20.6 Å². The minimum atomic E-state index is -3.41. The summed E-state index contributed by atoms with van der Waals surface area (Å²) in [4.78, 5) is 0.437. The second-order valence-corrected chi connectivity index (χ2v) is 7.61. The highest BCUT2D eigenvalue weighted by Gasteiger charge is 2.23. The third-order valence-electron chi connectivity index (χ3n) is 3.83. The molecule has 1 aromatic carbocycles. The lowest BCUT2D eigenvalue weighted by atomic mass is 10.1. The van der Waals surface area contributed by atoms with Crippen molar-refractivity contribution in [2.24, 2.45) is 0 Å². The van der Waals surface area contributed by atoms with E-state index in [9.17, 15) is 8.42 Å². The van der Waals surface area contributed by atoms with Crippen molar-refractivity contribution in [1.29, 1.82) is 0 Å². The number of nitrogens with zero attached hydrogens (tertiary/aromatic N) is 1. The number of benzene rings is 1. The first kappa shape index (κ1) is 18.1. The molecule has 0 aliphatic heterocycles. The topological polar surface area (TPSA) is 49.4 Å². The Morgan fingerprint density at radius 2 is 1.86 bits per heavy atom. The van der Waals surface area contributed by atoms with Crippen molar-refractivity contribution in [3.63, 3.8) is 0 Å². The second kappa shape index (κ2) is 7.92. The lowest BCUT2D eigenvalue weighted by molar-refractivity contribution is 0.453. The van der Waals surface area contributed by atoms with Crippen LogP contribution in [0.3, 0.4) is 0 Å².